The van der Waals surface area contributed by atoms with E-state index < -0.39 is 29.6 Å². The van der Waals surface area contributed by atoms with Crippen LogP contribution in [0.15, 0.2) is 59.4 Å². The molecule has 1 amide bonds. The number of benzene rings is 2. The molecule has 2 N–H and O–H groups in total. The summed E-state index contributed by atoms with van der Waals surface area (Å²) in [5.41, 5.74) is 6.50. The van der Waals surface area contributed by atoms with Gasteiger partial charge in [-0.3, -0.25) is 9.59 Å². The third-order valence-electron chi connectivity index (χ3n) is 6.16. The molecule has 1 unspecified atom stereocenters. The predicted molar refractivity (Wildman–Crippen MR) is 139 cm³/mol. The number of amides is 1. The van der Waals surface area contributed by atoms with Gasteiger partial charge < -0.3 is 19.9 Å². The molecule has 1 heterocycles. The fourth-order valence-corrected chi connectivity index (χ4v) is 4.35. The van der Waals surface area contributed by atoms with Crippen LogP contribution < -0.4 is 16.0 Å². The quantitative estimate of drug-likeness (QED) is 0.403. The Morgan fingerprint density at radius 2 is 1.79 bits per heavy atom. The molecule has 3 aromatic rings. The number of hydrogen-bond donors (Lipinski definition) is 1. The number of nitrogens with zero attached hydrogens (tertiary/aromatic N) is 4. The largest absolute Gasteiger partial charge is 0.573 e. The second-order valence-corrected chi connectivity index (χ2v) is 9.33. The molecular weight excluding hydrogens is 511 g/mol. The number of halogens is 3. The van der Waals surface area contributed by atoms with Crippen molar-refractivity contribution in [2.24, 2.45) is 11.7 Å². The minimum absolute atomic E-state index is 0.122. The van der Waals surface area contributed by atoms with E-state index in [2.05, 4.69) is 15.8 Å². The van der Waals surface area contributed by atoms with Crippen LogP contribution in [0.3, 0.4) is 0 Å². The Balaban J connectivity index is 2.15. The number of aromatic nitrogens is 2. The molecule has 0 bridgehead atoms. The van der Waals surface area contributed by atoms with Gasteiger partial charge in [-0.25, -0.2) is 0 Å². The number of nitriles is 1. The highest BCUT2D eigenvalue weighted by molar-refractivity contribution is 5.94. The zero-order valence-electron chi connectivity index (χ0n) is 21.9. The summed E-state index contributed by atoms with van der Waals surface area (Å²) in [5, 5.41) is 9.99. The summed E-state index contributed by atoms with van der Waals surface area (Å²) in [7, 11) is 0. The van der Waals surface area contributed by atoms with E-state index in [0.717, 1.165) is 17.7 Å². The molecule has 0 saturated heterocycles. The minimum atomic E-state index is -4.86. The number of rotatable bonds is 10. The molecule has 0 radical (unpaired) electrons. The Bertz CT molecular complexity index is 1380. The van der Waals surface area contributed by atoms with E-state index in [1.165, 1.54) is 24.0 Å². The van der Waals surface area contributed by atoms with E-state index in [-0.39, 0.29) is 48.2 Å². The van der Waals surface area contributed by atoms with Crippen LogP contribution in [-0.2, 0) is 6.54 Å². The summed E-state index contributed by atoms with van der Waals surface area (Å²) >= 11 is 0. The molecule has 0 spiro atoms. The first kappa shape index (κ1) is 29.4. The monoisotopic (exact) mass is 541 g/mol. The maximum absolute atomic E-state index is 13.8. The van der Waals surface area contributed by atoms with E-state index in [9.17, 15) is 28.0 Å². The minimum Gasteiger partial charge on any atom is -0.406 e. The number of nitrogens with two attached hydrogens (primary N) is 1. The molecular formula is C28H30F3N5O3. The Morgan fingerprint density at radius 1 is 1.15 bits per heavy atom. The van der Waals surface area contributed by atoms with Gasteiger partial charge in [0.2, 0.25) is 0 Å². The van der Waals surface area contributed by atoms with Crippen molar-refractivity contribution in [3.8, 4) is 11.8 Å². The topological polar surface area (TPSA) is 114 Å². The predicted octanol–water partition coefficient (Wildman–Crippen LogP) is 4.56. The Hall–Kier alpha value is -4.17. The number of alkyl halides is 3. The third-order valence-corrected chi connectivity index (χ3v) is 6.16. The van der Waals surface area contributed by atoms with Gasteiger partial charge in [0, 0.05) is 12.1 Å². The van der Waals surface area contributed by atoms with Crippen LogP contribution in [-0.4, -0.2) is 39.8 Å². The van der Waals surface area contributed by atoms with Crippen molar-refractivity contribution in [3.05, 3.63) is 93.2 Å². The van der Waals surface area contributed by atoms with Gasteiger partial charge in [0.05, 0.1) is 18.2 Å². The summed E-state index contributed by atoms with van der Waals surface area (Å²) in [4.78, 5) is 32.5. The van der Waals surface area contributed by atoms with Crippen LogP contribution in [0, 0.1) is 24.2 Å². The van der Waals surface area contributed by atoms with Crippen LogP contribution in [0.2, 0.25) is 0 Å². The first-order valence-corrected chi connectivity index (χ1v) is 12.4. The summed E-state index contributed by atoms with van der Waals surface area (Å²) in [5.74, 6) is -0.963. The van der Waals surface area contributed by atoms with Gasteiger partial charge in [0.25, 0.3) is 11.5 Å². The van der Waals surface area contributed by atoms with Gasteiger partial charge in [-0.1, -0.05) is 44.2 Å². The van der Waals surface area contributed by atoms with Gasteiger partial charge in [-0.2, -0.15) is 10.2 Å². The first-order valence-electron chi connectivity index (χ1n) is 12.4. The van der Waals surface area contributed by atoms with Crippen LogP contribution >= 0.6 is 0 Å². The second kappa shape index (κ2) is 12.6. The van der Waals surface area contributed by atoms with Crippen molar-refractivity contribution in [3.63, 3.8) is 0 Å². The highest BCUT2D eigenvalue weighted by atomic mass is 19.4. The van der Waals surface area contributed by atoms with Gasteiger partial charge >= 0.3 is 6.36 Å². The van der Waals surface area contributed by atoms with Crippen molar-refractivity contribution in [2.75, 3.05) is 13.1 Å². The fourth-order valence-electron chi connectivity index (χ4n) is 4.35. The maximum Gasteiger partial charge on any atom is 0.573 e. The van der Waals surface area contributed by atoms with Gasteiger partial charge in [-0.15, -0.1) is 13.2 Å². The molecule has 3 rings (SSSR count). The third kappa shape index (κ3) is 7.23. The standard InChI is InChI=1S/C28H30F3N5O3/c1-18(2)24(25-34-26(37)19(3)23(16-33)36(25)17-20-8-5-4-6-9-20)35(15-7-14-32)27(38)21-10-12-22(13-11-21)39-28(29,30)31/h4-6,8-13,18,24H,7,14-15,17,32H2,1-3H3. The molecule has 0 aliphatic carbocycles. The smallest absolute Gasteiger partial charge is 0.406 e. The molecule has 39 heavy (non-hydrogen) atoms. The summed E-state index contributed by atoms with van der Waals surface area (Å²) in [6, 6.07) is 15.3. The van der Waals surface area contributed by atoms with Crippen molar-refractivity contribution in [1.29, 1.82) is 5.26 Å². The summed E-state index contributed by atoms with van der Waals surface area (Å²) in [6.45, 7) is 5.95. The lowest BCUT2D eigenvalue weighted by atomic mass is 9.98. The van der Waals surface area contributed by atoms with E-state index >= 15 is 0 Å². The number of ether oxygens (including phenoxy) is 1. The van der Waals surface area contributed by atoms with E-state index in [4.69, 9.17) is 5.73 Å². The molecule has 1 atom stereocenters. The van der Waals surface area contributed by atoms with Crippen LogP contribution in [0.1, 0.15) is 59.3 Å². The Labute approximate surface area is 224 Å². The lowest BCUT2D eigenvalue weighted by Gasteiger charge is -2.36. The van der Waals surface area contributed by atoms with Crippen LogP contribution in [0.5, 0.6) is 5.75 Å². The molecule has 0 aliphatic rings. The lowest BCUT2D eigenvalue weighted by Crippen LogP contribution is -2.42. The number of carbonyl (C=O) groups excluding carboxylic acids is 1. The fraction of sp³-hybridized carbons (Fsp3) is 0.357. The molecule has 1 aromatic heterocycles. The first-order chi connectivity index (χ1) is 18.5. The summed E-state index contributed by atoms with van der Waals surface area (Å²) < 4.78 is 43.4. The van der Waals surface area contributed by atoms with Crippen molar-refractivity contribution < 1.29 is 22.7 Å². The highest BCUT2D eigenvalue weighted by Gasteiger charge is 2.34. The summed E-state index contributed by atoms with van der Waals surface area (Å²) in [6.07, 6.45) is -4.44. The van der Waals surface area contributed by atoms with Crippen molar-refractivity contribution >= 4 is 5.91 Å². The number of hydrogen-bond acceptors (Lipinski definition) is 6. The second-order valence-electron chi connectivity index (χ2n) is 9.33. The van der Waals surface area contributed by atoms with E-state index in [1.54, 1.807) is 4.57 Å². The van der Waals surface area contributed by atoms with Crippen LogP contribution in [0.25, 0.3) is 0 Å². The lowest BCUT2D eigenvalue weighted by molar-refractivity contribution is -0.274. The van der Waals surface area contributed by atoms with Gasteiger partial charge in [0.1, 0.15) is 23.3 Å². The molecule has 0 aliphatic heterocycles. The molecule has 0 saturated carbocycles. The molecule has 206 valence electrons. The van der Waals surface area contributed by atoms with Gasteiger partial charge in [-0.05, 0) is 55.6 Å². The molecule has 2 aromatic carbocycles. The average molecular weight is 542 g/mol. The molecule has 0 fully saturated rings. The maximum atomic E-state index is 13.8. The SMILES string of the molecule is Cc1c(C#N)n(Cc2ccccc2)c(C(C(C)C)N(CCCN)C(=O)c2ccc(OC(F)(F)F)cc2)nc1=O. The highest BCUT2D eigenvalue weighted by Crippen LogP contribution is 2.31. The number of carbonyl (C=O) groups is 1. The average Bonchev–Trinajstić information content (AvgIpc) is 2.88. The zero-order chi connectivity index (χ0) is 28.7. The molecule has 11 heteroatoms. The normalized spacial score (nSPS) is 12.2. The van der Waals surface area contributed by atoms with Crippen LogP contribution in [0.4, 0.5) is 13.2 Å². The van der Waals surface area contributed by atoms with E-state index in [0.29, 0.717) is 6.42 Å². The Kier molecular flexibility index (Phi) is 9.48. The van der Waals surface area contributed by atoms with Crippen molar-refractivity contribution in [1.82, 2.24) is 14.5 Å². The van der Waals surface area contributed by atoms with E-state index in [1.807, 2.05) is 44.2 Å². The molecule has 8 nitrogen and oxygen atoms in total. The van der Waals surface area contributed by atoms with Crippen molar-refractivity contribution in [2.45, 2.75) is 46.1 Å². The zero-order valence-corrected chi connectivity index (χ0v) is 21.9. The van der Waals surface area contributed by atoms with Gasteiger partial charge in [0.15, 0.2) is 0 Å². The Morgan fingerprint density at radius 3 is 2.33 bits per heavy atom.